The van der Waals surface area contributed by atoms with Crippen molar-refractivity contribution in [2.24, 2.45) is 0 Å². The fourth-order valence-corrected chi connectivity index (χ4v) is 3.39. The van der Waals surface area contributed by atoms with Crippen LogP contribution in [0.2, 0.25) is 0 Å². The minimum absolute atomic E-state index is 0.0150. The number of benzene rings is 3. The van der Waals surface area contributed by atoms with Crippen LogP contribution < -0.4 is 20.3 Å². The van der Waals surface area contributed by atoms with Gasteiger partial charge in [-0.25, -0.2) is 0 Å². The quantitative estimate of drug-likeness (QED) is 0.583. The van der Waals surface area contributed by atoms with Gasteiger partial charge in [-0.05, 0) is 48.5 Å². The molecule has 2 N–H and O–H groups in total. The summed E-state index contributed by atoms with van der Waals surface area (Å²) in [5.74, 6) is -1.03. The number of anilines is 3. The van der Waals surface area contributed by atoms with Crippen molar-refractivity contribution in [2.75, 3.05) is 28.7 Å². The smallest absolute Gasteiger partial charge is 0.416 e. The summed E-state index contributed by atoms with van der Waals surface area (Å²) in [6, 6.07) is 17.0. The summed E-state index contributed by atoms with van der Waals surface area (Å²) in [4.78, 5) is 38.7. The molecule has 0 aromatic heterocycles. The second-order valence-electron chi connectivity index (χ2n) is 7.40. The largest absolute Gasteiger partial charge is 0.482 e. The van der Waals surface area contributed by atoms with Crippen molar-refractivity contribution in [1.82, 2.24) is 0 Å². The maximum absolute atomic E-state index is 12.9. The second kappa shape index (κ2) is 9.26. The molecule has 0 saturated heterocycles. The number of carbonyl (C=O) groups excluding carboxylic acids is 3. The highest BCUT2D eigenvalue weighted by molar-refractivity contribution is 6.07. The number of nitrogens with zero attached hydrogens (tertiary/aromatic N) is 1. The molecule has 1 aliphatic rings. The Labute approximate surface area is 192 Å². The Morgan fingerprint density at radius 3 is 2.38 bits per heavy atom. The molecular weight excluding hydrogens is 451 g/mol. The molecule has 3 amide bonds. The predicted molar refractivity (Wildman–Crippen MR) is 119 cm³/mol. The molecule has 1 aliphatic heterocycles. The van der Waals surface area contributed by atoms with E-state index in [1.54, 1.807) is 30.3 Å². The Morgan fingerprint density at radius 1 is 0.912 bits per heavy atom. The normalized spacial score (nSPS) is 13.0. The first-order chi connectivity index (χ1) is 16.2. The molecule has 10 heteroatoms. The van der Waals surface area contributed by atoms with Gasteiger partial charge in [0.05, 0.1) is 11.3 Å². The highest BCUT2D eigenvalue weighted by Crippen LogP contribution is 2.32. The lowest BCUT2D eigenvalue weighted by atomic mass is 10.1. The van der Waals surface area contributed by atoms with Crippen LogP contribution in [-0.4, -0.2) is 30.9 Å². The van der Waals surface area contributed by atoms with E-state index >= 15 is 0 Å². The third kappa shape index (κ3) is 5.17. The number of para-hydroxylation sites is 2. The Balaban J connectivity index is 1.43. The second-order valence-corrected chi connectivity index (χ2v) is 7.40. The number of amides is 3. The molecule has 0 saturated carbocycles. The van der Waals surface area contributed by atoms with E-state index in [0.717, 1.165) is 12.1 Å². The standard InChI is InChI=1S/C24H18F3N3O4/c25-24(26,27)16-6-4-8-18(12-16)29-23(33)15-5-3-7-17(11-15)28-21(31)13-30-19-9-1-2-10-20(19)34-14-22(30)32/h1-12H,13-14H2,(H,28,31)(H,29,33). The monoisotopic (exact) mass is 469 g/mol. The third-order valence-electron chi connectivity index (χ3n) is 4.97. The van der Waals surface area contributed by atoms with Crippen LogP contribution in [-0.2, 0) is 15.8 Å². The molecular formula is C24H18F3N3O4. The minimum atomic E-state index is -4.53. The molecule has 0 spiro atoms. The van der Waals surface area contributed by atoms with E-state index in [2.05, 4.69) is 10.6 Å². The molecule has 3 aromatic rings. The van der Waals surface area contributed by atoms with Crippen molar-refractivity contribution < 1.29 is 32.3 Å². The zero-order valence-electron chi connectivity index (χ0n) is 17.6. The molecule has 1 heterocycles. The molecule has 0 radical (unpaired) electrons. The first-order valence-corrected chi connectivity index (χ1v) is 10.1. The van der Waals surface area contributed by atoms with E-state index in [-0.39, 0.29) is 36.0 Å². The van der Waals surface area contributed by atoms with Crippen LogP contribution in [0.5, 0.6) is 5.75 Å². The van der Waals surface area contributed by atoms with Crippen molar-refractivity contribution in [3.05, 3.63) is 83.9 Å². The van der Waals surface area contributed by atoms with Crippen molar-refractivity contribution >= 4 is 34.8 Å². The molecule has 3 aromatic carbocycles. The summed E-state index contributed by atoms with van der Waals surface area (Å²) in [5, 5.41) is 5.04. The van der Waals surface area contributed by atoms with Crippen LogP contribution in [0.25, 0.3) is 0 Å². The number of hydrogen-bond donors (Lipinski definition) is 2. The van der Waals surface area contributed by atoms with Gasteiger partial charge in [-0.15, -0.1) is 0 Å². The lowest BCUT2D eigenvalue weighted by Crippen LogP contribution is -2.43. The summed E-state index contributed by atoms with van der Waals surface area (Å²) < 4.78 is 44.0. The molecule has 4 rings (SSSR count). The van der Waals surface area contributed by atoms with Crippen LogP contribution in [0.4, 0.5) is 30.2 Å². The van der Waals surface area contributed by atoms with Crippen molar-refractivity contribution in [3.63, 3.8) is 0 Å². The molecule has 0 unspecified atom stereocenters. The van der Waals surface area contributed by atoms with Crippen LogP contribution in [0, 0.1) is 0 Å². The van der Waals surface area contributed by atoms with Gasteiger partial charge in [0, 0.05) is 16.9 Å². The highest BCUT2D eigenvalue weighted by Gasteiger charge is 2.30. The first-order valence-electron chi connectivity index (χ1n) is 10.1. The minimum Gasteiger partial charge on any atom is -0.482 e. The third-order valence-corrected chi connectivity index (χ3v) is 4.97. The summed E-state index contributed by atoms with van der Waals surface area (Å²) >= 11 is 0. The van der Waals surface area contributed by atoms with Gasteiger partial charge in [0.15, 0.2) is 6.61 Å². The SMILES string of the molecule is O=C(CN1C(=O)COc2ccccc21)Nc1cccc(C(=O)Nc2cccc(C(F)(F)F)c2)c1. The predicted octanol–water partition coefficient (Wildman–Crippen LogP) is 4.32. The molecule has 174 valence electrons. The van der Waals surface area contributed by atoms with Gasteiger partial charge in [0.25, 0.3) is 11.8 Å². The van der Waals surface area contributed by atoms with Crippen LogP contribution in [0.15, 0.2) is 72.8 Å². The van der Waals surface area contributed by atoms with Crippen molar-refractivity contribution in [1.29, 1.82) is 0 Å². The lowest BCUT2D eigenvalue weighted by molar-refractivity contribution is -0.137. The average Bonchev–Trinajstić information content (AvgIpc) is 2.81. The van der Waals surface area contributed by atoms with E-state index in [1.165, 1.54) is 35.2 Å². The van der Waals surface area contributed by atoms with Gasteiger partial charge in [0.2, 0.25) is 5.91 Å². The van der Waals surface area contributed by atoms with Crippen molar-refractivity contribution in [2.45, 2.75) is 6.18 Å². The number of ether oxygens (including phenoxy) is 1. The summed E-state index contributed by atoms with van der Waals surface area (Å²) in [7, 11) is 0. The fraction of sp³-hybridized carbons (Fsp3) is 0.125. The molecule has 0 atom stereocenters. The Kier molecular flexibility index (Phi) is 6.22. The van der Waals surface area contributed by atoms with Gasteiger partial charge < -0.3 is 15.4 Å². The topological polar surface area (TPSA) is 87.7 Å². The number of rotatable bonds is 5. The maximum atomic E-state index is 12.9. The molecule has 34 heavy (non-hydrogen) atoms. The number of fused-ring (bicyclic) bond motifs is 1. The zero-order valence-corrected chi connectivity index (χ0v) is 17.6. The van der Waals surface area contributed by atoms with Crippen LogP contribution in [0.1, 0.15) is 15.9 Å². The fourth-order valence-electron chi connectivity index (χ4n) is 3.39. The summed E-state index contributed by atoms with van der Waals surface area (Å²) in [5.41, 5.74) is -0.00823. The number of nitrogens with one attached hydrogen (secondary N) is 2. The highest BCUT2D eigenvalue weighted by atomic mass is 19.4. The van der Waals surface area contributed by atoms with Gasteiger partial charge in [-0.2, -0.15) is 13.2 Å². The van der Waals surface area contributed by atoms with E-state index in [0.29, 0.717) is 11.4 Å². The Bertz CT molecular complexity index is 1260. The van der Waals surface area contributed by atoms with Gasteiger partial charge in [-0.1, -0.05) is 24.3 Å². The number of alkyl halides is 3. The van der Waals surface area contributed by atoms with E-state index in [1.807, 2.05) is 0 Å². The maximum Gasteiger partial charge on any atom is 0.416 e. The van der Waals surface area contributed by atoms with Gasteiger partial charge >= 0.3 is 6.18 Å². The average molecular weight is 469 g/mol. The Morgan fingerprint density at radius 2 is 1.62 bits per heavy atom. The van der Waals surface area contributed by atoms with E-state index in [9.17, 15) is 27.6 Å². The molecule has 7 nitrogen and oxygen atoms in total. The van der Waals surface area contributed by atoms with E-state index < -0.39 is 23.6 Å². The van der Waals surface area contributed by atoms with Crippen molar-refractivity contribution in [3.8, 4) is 5.75 Å². The van der Waals surface area contributed by atoms with Gasteiger partial charge in [-0.3, -0.25) is 19.3 Å². The number of halogens is 3. The lowest BCUT2D eigenvalue weighted by Gasteiger charge is -2.28. The molecule has 0 fully saturated rings. The van der Waals surface area contributed by atoms with Gasteiger partial charge in [0.1, 0.15) is 12.3 Å². The number of carbonyl (C=O) groups is 3. The molecule has 0 aliphatic carbocycles. The first kappa shape index (κ1) is 22.8. The van der Waals surface area contributed by atoms with Crippen LogP contribution >= 0.6 is 0 Å². The molecule has 0 bridgehead atoms. The van der Waals surface area contributed by atoms with E-state index in [4.69, 9.17) is 4.74 Å². The Hall–Kier alpha value is -4.34. The van der Waals surface area contributed by atoms with Crippen LogP contribution in [0.3, 0.4) is 0 Å². The zero-order chi connectivity index (χ0) is 24.3. The summed E-state index contributed by atoms with van der Waals surface area (Å²) in [6.45, 7) is -0.449. The number of hydrogen-bond acceptors (Lipinski definition) is 4. The summed E-state index contributed by atoms with van der Waals surface area (Å²) in [6.07, 6.45) is -4.53.